The number of ether oxygens (including phenoxy) is 1. The number of hydrogen-bond donors (Lipinski definition) is 0. The SMILES string of the molecule is Cc1cccc(COC(CN2CCN(C(=O)c3cc(F)cc(F)c3)CC2)c2ccc(Cl)cc2)c1. The smallest absolute Gasteiger partial charge is 0.254 e. The molecule has 0 N–H and O–H groups in total. The van der Waals surface area contributed by atoms with E-state index in [0.29, 0.717) is 44.4 Å². The Kier molecular flexibility index (Phi) is 7.93. The summed E-state index contributed by atoms with van der Waals surface area (Å²) in [6.45, 7) is 5.43. The van der Waals surface area contributed by atoms with E-state index in [1.54, 1.807) is 4.90 Å². The molecule has 7 heteroatoms. The number of nitrogens with zero attached hydrogens (tertiary/aromatic N) is 2. The van der Waals surface area contributed by atoms with Crippen molar-refractivity contribution in [3.63, 3.8) is 0 Å². The van der Waals surface area contributed by atoms with E-state index < -0.39 is 11.6 Å². The average molecular weight is 485 g/mol. The first-order chi connectivity index (χ1) is 16.4. The average Bonchev–Trinajstić information content (AvgIpc) is 2.82. The van der Waals surface area contributed by atoms with Crippen LogP contribution in [0.5, 0.6) is 0 Å². The monoisotopic (exact) mass is 484 g/mol. The zero-order valence-electron chi connectivity index (χ0n) is 19.0. The van der Waals surface area contributed by atoms with Gasteiger partial charge in [0.1, 0.15) is 11.6 Å². The summed E-state index contributed by atoms with van der Waals surface area (Å²) in [5, 5.41) is 0.669. The van der Waals surface area contributed by atoms with Crippen molar-refractivity contribution in [2.24, 2.45) is 0 Å². The molecule has 0 spiro atoms. The summed E-state index contributed by atoms with van der Waals surface area (Å²) in [7, 11) is 0. The van der Waals surface area contributed by atoms with Crippen molar-refractivity contribution in [2.75, 3.05) is 32.7 Å². The number of hydrogen-bond acceptors (Lipinski definition) is 3. The van der Waals surface area contributed by atoms with Crippen LogP contribution in [-0.2, 0) is 11.3 Å². The standard InChI is InChI=1S/C27H27ClF2N2O2/c1-19-3-2-4-20(13-19)18-34-26(21-5-7-23(28)8-6-21)17-31-9-11-32(12-10-31)27(33)22-14-24(29)16-25(30)15-22/h2-8,13-16,26H,9-12,17-18H2,1H3. The molecule has 4 rings (SSSR count). The van der Waals surface area contributed by atoms with Gasteiger partial charge in [-0.3, -0.25) is 9.69 Å². The van der Waals surface area contributed by atoms with E-state index in [9.17, 15) is 13.6 Å². The Bertz CT molecular complexity index is 1110. The molecule has 1 fully saturated rings. The lowest BCUT2D eigenvalue weighted by molar-refractivity contribution is 0.00340. The molecule has 0 aromatic heterocycles. The van der Waals surface area contributed by atoms with E-state index in [4.69, 9.17) is 16.3 Å². The second kappa shape index (κ2) is 11.1. The summed E-state index contributed by atoms with van der Waals surface area (Å²) in [5.41, 5.74) is 3.36. The Morgan fingerprint density at radius 1 is 0.971 bits per heavy atom. The molecule has 1 amide bonds. The minimum Gasteiger partial charge on any atom is -0.368 e. The highest BCUT2D eigenvalue weighted by Crippen LogP contribution is 2.24. The Morgan fingerprint density at radius 3 is 2.29 bits per heavy atom. The van der Waals surface area contributed by atoms with Crippen LogP contribution in [-0.4, -0.2) is 48.4 Å². The van der Waals surface area contributed by atoms with Crippen LogP contribution < -0.4 is 0 Å². The second-order valence-corrected chi connectivity index (χ2v) is 9.03. The van der Waals surface area contributed by atoms with Crippen molar-refractivity contribution >= 4 is 17.5 Å². The number of carbonyl (C=O) groups excluding carboxylic acids is 1. The van der Waals surface area contributed by atoms with Crippen molar-refractivity contribution < 1.29 is 18.3 Å². The van der Waals surface area contributed by atoms with Gasteiger partial charge in [-0.15, -0.1) is 0 Å². The highest BCUT2D eigenvalue weighted by molar-refractivity contribution is 6.30. The zero-order valence-corrected chi connectivity index (χ0v) is 19.8. The second-order valence-electron chi connectivity index (χ2n) is 8.59. The van der Waals surface area contributed by atoms with Gasteiger partial charge in [-0.25, -0.2) is 8.78 Å². The molecule has 4 nitrogen and oxygen atoms in total. The summed E-state index contributed by atoms with van der Waals surface area (Å²) < 4.78 is 33.4. The van der Waals surface area contributed by atoms with Crippen molar-refractivity contribution in [1.82, 2.24) is 9.80 Å². The third-order valence-corrected chi connectivity index (χ3v) is 6.22. The first-order valence-electron chi connectivity index (χ1n) is 11.3. The molecule has 34 heavy (non-hydrogen) atoms. The first-order valence-corrected chi connectivity index (χ1v) is 11.7. The molecule has 1 aliphatic heterocycles. The summed E-state index contributed by atoms with van der Waals surface area (Å²) in [6, 6.07) is 18.8. The van der Waals surface area contributed by atoms with Crippen molar-refractivity contribution in [1.29, 1.82) is 0 Å². The van der Waals surface area contributed by atoms with Crippen LogP contribution in [0.25, 0.3) is 0 Å². The van der Waals surface area contributed by atoms with Gasteiger partial charge in [0, 0.05) is 49.4 Å². The van der Waals surface area contributed by atoms with E-state index in [2.05, 4.69) is 24.0 Å². The van der Waals surface area contributed by atoms with E-state index in [1.165, 1.54) is 5.56 Å². The Balaban J connectivity index is 1.39. The molecule has 1 heterocycles. The Morgan fingerprint density at radius 2 is 1.65 bits per heavy atom. The largest absolute Gasteiger partial charge is 0.368 e. The highest BCUT2D eigenvalue weighted by Gasteiger charge is 2.25. The Labute approximate surface area is 203 Å². The molecule has 0 aliphatic carbocycles. The van der Waals surface area contributed by atoms with Gasteiger partial charge in [-0.05, 0) is 42.3 Å². The highest BCUT2D eigenvalue weighted by atomic mass is 35.5. The van der Waals surface area contributed by atoms with Crippen LogP contribution in [0.2, 0.25) is 5.02 Å². The van der Waals surface area contributed by atoms with Gasteiger partial charge in [0.05, 0.1) is 12.7 Å². The fourth-order valence-electron chi connectivity index (χ4n) is 4.16. The number of rotatable bonds is 7. The number of benzene rings is 3. The van der Waals surface area contributed by atoms with Crippen molar-refractivity contribution in [3.8, 4) is 0 Å². The lowest BCUT2D eigenvalue weighted by atomic mass is 10.1. The maximum Gasteiger partial charge on any atom is 0.254 e. The van der Waals surface area contributed by atoms with Gasteiger partial charge < -0.3 is 9.64 Å². The molecule has 3 aromatic carbocycles. The summed E-state index contributed by atoms with van der Waals surface area (Å²) in [4.78, 5) is 16.6. The molecule has 178 valence electrons. The van der Waals surface area contributed by atoms with Crippen LogP contribution in [0.4, 0.5) is 8.78 Å². The maximum atomic E-state index is 13.5. The molecule has 0 bridgehead atoms. The van der Waals surface area contributed by atoms with Gasteiger partial charge >= 0.3 is 0 Å². The zero-order chi connectivity index (χ0) is 24.1. The summed E-state index contributed by atoms with van der Waals surface area (Å²) in [5.74, 6) is -1.86. The lowest BCUT2D eigenvalue weighted by Gasteiger charge is -2.36. The maximum absolute atomic E-state index is 13.5. The lowest BCUT2D eigenvalue weighted by Crippen LogP contribution is -2.49. The fourth-order valence-corrected chi connectivity index (χ4v) is 4.28. The third kappa shape index (κ3) is 6.41. The first kappa shape index (κ1) is 24.3. The van der Waals surface area contributed by atoms with E-state index in [1.807, 2.05) is 36.4 Å². The summed E-state index contributed by atoms with van der Waals surface area (Å²) >= 11 is 6.08. The topological polar surface area (TPSA) is 32.8 Å². The van der Waals surface area contributed by atoms with Crippen molar-refractivity contribution in [2.45, 2.75) is 19.6 Å². The number of carbonyl (C=O) groups is 1. The van der Waals surface area contributed by atoms with Crippen LogP contribution in [0.15, 0.2) is 66.7 Å². The molecule has 1 aliphatic rings. The van der Waals surface area contributed by atoms with Crippen molar-refractivity contribution in [3.05, 3.63) is 106 Å². The molecule has 1 atom stereocenters. The van der Waals surface area contributed by atoms with Crippen LogP contribution in [0.3, 0.4) is 0 Å². The minimum absolute atomic E-state index is 0.0338. The van der Waals surface area contributed by atoms with E-state index >= 15 is 0 Å². The van der Waals surface area contributed by atoms with Gasteiger partial charge in [0.25, 0.3) is 5.91 Å². The van der Waals surface area contributed by atoms with Crippen LogP contribution in [0, 0.1) is 18.6 Å². The van der Waals surface area contributed by atoms with Gasteiger partial charge in [0.2, 0.25) is 0 Å². The molecule has 0 radical (unpaired) electrons. The number of aryl methyl sites for hydroxylation is 1. The number of halogens is 3. The normalized spacial score (nSPS) is 15.4. The predicted molar refractivity (Wildman–Crippen MR) is 129 cm³/mol. The van der Waals surface area contributed by atoms with Crippen LogP contribution >= 0.6 is 11.6 Å². The third-order valence-electron chi connectivity index (χ3n) is 5.97. The van der Waals surface area contributed by atoms with Gasteiger partial charge in [-0.2, -0.15) is 0 Å². The molecular formula is C27H27ClF2N2O2. The number of piperazine rings is 1. The Hall–Kier alpha value is -2.80. The molecule has 1 saturated heterocycles. The van der Waals surface area contributed by atoms with Gasteiger partial charge in [0.15, 0.2) is 0 Å². The molecular weight excluding hydrogens is 458 g/mol. The van der Waals surface area contributed by atoms with E-state index in [-0.39, 0.29) is 17.6 Å². The fraction of sp³-hybridized carbons (Fsp3) is 0.296. The predicted octanol–water partition coefficient (Wildman–Crippen LogP) is 5.64. The summed E-state index contributed by atoms with van der Waals surface area (Å²) in [6.07, 6.45) is -0.169. The van der Waals surface area contributed by atoms with Crippen LogP contribution in [0.1, 0.15) is 33.2 Å². The molecule has 0 saturated carbocycles. The quantitative estimate of drug-likeness (QED) is 0.435. The molecule has 3 aromatic rings. The molecule has 1 unspecified atom stereocenters. The number of amides is 1. The van der Waals surface area contributed by atoms with E-state index in [0.717, 1.165) is 29.3 Å². The minimum atomic E-state index is -0.751. The van der Waals surface area contributed by atoms with Gasteiger partial charge in [-0.1, -0.05) is 53.6 Å².